The fourth-order valence-corrected chi connectivity index (χ4v) is 4.06. The van der Waals surface area contributed by atoms with Crippen LogP contribution in [-0.2, 0) is 6.54 Å². The Balaban J connectivity index is 1.89. The maximum atomic E-state index is 12.8. The third-order valence-electron chi connectivity index (χ3n) is 4.03. The van der Waals surface area contributed by atoms with Crippen molar-refractivity contribution in [3.8, 4) is 0 Å². The number of hydrogen-bond acceptors (Lipinski definition) is 4. The number of amides is 1. The number of halogens is 1. The number of carbonyl (C=O) groups excluding carboxylic acids is 1. The van der Waals surface area contributed by atoms with Crippen molar-refractivity contribution in [3.05, 3.63) is 73.6 Å². The maximum Gasteiger partial charge on any atom is 0.269 e. The Morgan fingerprint density at radius 1 is 1.28 bits per heavy atom. The minimum absolute atomic E-state index is 0.0432. The zero-order valence-electron chi connectivity index (χ0n) is 13.7. The first-order valence-corrected chi connectivity index (χ1v) is 8.74. The number of nitrogens with zero attached hydrogens (tertiary/aromatic N) is 2. The summed E-state index contributed by atoms with van der Waals surface area (Å²) < 4.78 is 1.06. The van der Waals surface area contributed by atoms with Crippen molar-refractivity contribution in [2.75, 3.05) is 7.05 Å². The molecule has 1 heterocycles. The van der Waals surface area contributed by atoms with Gasteiger partial charge >= 0.3 is 0 Å². The topological polar surface area (TPSA) is 63.5 Å². The van der Waals surface area contributed by atoms with Gasteiger partial charge in [0, 0.05) is 35.4 Å². The van der Waals surface area contributed by atoms with E-state index in [0.717, 1.165) is 15.6 Å². The number of benzene rings is 2. The van der Waals surface area contributed by atoms with Crippen LogP contribution in [0.4, 0.5) is 5.69 Å². The lowest BCUT2D eigenvalue weighted by molar-refractivity contribution is -0.384. The van der Waals surface area contributed by atoms with Crippen LogP contribution in [0.5, 0.6) is 0 Å². The van der Waals surface area contributed by atoms with Gasteiger partial charge in [-0.05, 0) is 35.6 Å². The summed E-state index contributed by atoms with van der Waals surface area (Å²) in [4.78, 5) is 25.5. The Hall–Kier alpha value is -2.44. The molecule has 25 heavy (non-hydrogen) atoms. The van der Waals surface area contributed by atoms with Gasteiger partial charge in [0.1, 0.15) is 0 Å². The molecule has 0 aliphatic rings. The Morgan fingerprint density at radius 2 is 2.00 bits per heavy atom. The lowest BCUT2D eigenvalue weighted by Crippen LogP contribution is -2.26. The molecule has 7 heteroatoms. The number of thiophene rings is 1. The smallest absolute Gasteiger partial charge is 0.269 e. The third-order valence-corrected chi connectivity index (χ3v) is 5.66. The summed E-state index contributed by atoms with van der Waals surface area (Å²) in [5, 5.41) is 12.4. The number of hydrogen-bond donors (Lipinski definition) is 0. The highest BCUT2D eigenvalue weighted by Gasteiger charge is 2.20. The van der Waals surface area contributed by atoms with Crippen LogP contribution >= 0.6 is 22.9 Å². The number of carbonyl (C=O) groups is 1. The number of rotatable bonds is 4. The Morgan fingerprint density at radius 3 is 2.68 bits per heavy atom. The number of aryl methyl sites for hydroxylation is 1. The van der Waals surface area contributed by atoms with Crippen molar-refractivity contribution in [1.82, 2.24) is 4.90 Å². The highest BCUT2D eigenvalue weighted by atomic mass is 35.5. The fraction of sp³-hybridized carbons (Fsp3) is 0.167. The van der Waals surface area contributed by atoms with Crippen LogP contribution in [0.2, 0.25) is 5.02 Å². The van der Waals surface area contributed by atoms with Crippen LogP contribution in [0.1, 0.15) is 20.8 Å². The number of non-ortho nitro benzene ring substituents is 1. The first kappa shape index (κ1) is 17.4. The summed E-state index contributed by atoms with van der Waals surface area (Å²) in [6.45, 7) is 2.13. The lowest BCUT2D eigenvalue weighted by Gasteiger charge is -2.17. The number of nitro benzene ring substituents is 1. The van der Waals surface area contributed by atoms with Crippen LogP contribution in [0.15, 0.2) is 42.5 Å². The molecule has 0 bridgehead atoms. The molecule has 0 spiro atoms. The normalized spacial score (nSPS) is 10.8. The maximum absolute atomic E-state index is 12.8. The van der Waals surface area contributed by atoms with Crippen molar-refractivity contribution in [2.24, 2.45) is 0 Å². The second-order valence-corrected chi connectivity index (χ2v) is 7.21. The second kappa shape index (κ2) is 6.82. The summed E-state index contributed by atoms with van der Waals surface area (Å²) in [6.07, 6.45) is 0. The van der Waals surface area contributed by atoms with Gasteiger partial charge < -0.3 is 4.90 Å². The van der Waals surface area contributed by atoms with E-state index in [1.165, 1.54) is 34.4 Å². The predicted octanol–water partition coefficient (Wildman–Crippen LogP) is 5.04. The number of fused-ring (bicyclic) bond motifs is 1. The van der Waals surface area contributed by atoms with Gasteiger partial charge in [-0.1, -0.05) is 29.8 Å². The van der Waals surface area contributed by atoms with Crippen LogP contribution in [0.3, 0.4) is 0 Å². The van der Waals surface area contributed by atoms with Gasteiger partial charge in [0.05, 0.1) is 9.80 Å². The molecular formula is C18H15ClN2O3S. The van der Waals surface area contributed by atoms with E-state index in [2.05, 4.69) is 0 Å². The third kappa shape index (κ3) is 3.36. The first-order valence-electron chi connectivity index (χ1n) is 7.55. The van der Waals surface area contributed by atoms with Crippen LogP contribution < -0.4 is 0 Å². The monoisotopic (exact) mass is 374 g/mol. The summed E-state index contributed by atoms with van der Waals surface area (Å²) in [7, 11) is 1.67. The molecule has 0 saturated heterocycles. The zero-order valence-corrected chi connectivity index (χ0v) is 15.2. The van der Waals surface area contributed by atoms with E-state index in [9.17, 15) is 14.9 Å². The van der Waals surface area contributed by atoms with Crippen molar-refractivity contribution in [3.63, 3.8) is 0 Å². The van der Waals surface area contributed by atoms with E-state index in [0.29, 0.717) is 15.5 Å². The van der Waals surface area contributed by atoms with E-state index < -0.39 is 4.92 Å². The molecule has 2 aromatic carbocycles. The van der Waals surface area contributed by atoms with E-state index in [4.69, 9.17) is 11.6 Å². The molecule has 0 fully saturated rings. The Labute approximate surface area is 153 Å². The van der Waals surface area contributed by atoms with Gasteiger partial charge in [-0.2, -0.15) is 0 Å². The summed E-state index contributed by atoms with van der Waals surface area (Å²) in [5.41, 5.74) is 1.45. The van der Waals surface area contributed by atoms with Crippen molar-refractivity contribution >= 4 is 44.6 Å². The molecular weight excluding hydrogens is 360 g/mol. The first-order chi connectivity index (χ1) is 11.9. The SMILES string of the molecule is Cc1c(C(=O)N(C)Cc2cc([N+](=O)[O-])ccc2Cl)sc2ccccc12. The van der Waals surface area contributed by atoms with Gasteiger partial charge in [-0.3, -0.25) is 14.9 Å². The number of nitro groups is 1. The summed E-state index contributed by atoms with van der Waals surface area (Å²) >= 11 is 7.58. The lowest BCUT2D eigenvalue weighted by atomic mass is 10.1. The average molecular weight is 375 g/mol. The molecule has 3 aromatic rings. The molecule has 0 saturated carbocycles. The average Bonchev–Trinajstić information content (AvgIpc) is 2.93. The molecule has 0 atom stereocenters. The van der Waals surface area contributed by atoms with Crippen molar-refractivity contribution in [2.45, 2.75) is 13.5 Å². The second-order valence-electron chi connectivity index (χ2n) is 5.75. The molecule has 1 amide bonds. The molecule has 1 aromatic heterocycles. The Kier molecular flexibility index (Phi) is 4.74. The molecule has 3 rings (SSSR count). The van der Waals surface area contributed by atoms with Crippen molar-refractivity contribution in [1.29, 1.82) is 0 Å². The minimum atomic E-state index is -0.474. The van der Waals surface area contributed by atoms with E-state index in [1.54, 1.807) is 7.05 Å². The highest BCUT2D eigenvalue weighted by molar-refractivity contribution is 7.21. The van der Waals surface area contributed by atoms with Gasteiger partial charge in [-0.15, -0.1) is 11.3 Å². The van der Waals surface area contributed by atoms with Crippen molar-refractivity contribution < 1.29 is 9.72 Å². The van der Waals surface area contributed by atoms with Gasteiger partial charge in [0.15, 0.2) is 0 Å². The van der Waals surface area contributed by atoms with Crippen LogP contribution in [0.25, 0.3) is 10.1 Å². The molecule has 0 aliphatic carbocycles. The highest BCUT2D eigenvalue weighted by Crippen LogP contribution is 2.32. The summed E-state index contributed by atoms with van der Waals surface area (Å²) in [6, 6.07) is 12.1. The van der Waals surface area contributed by atoms with Gasteiger partial charge in [-0.25, -0.2) is 0 Å². The van der Waals surface area contributed by atoms with Gasteiger partial charge in [0.25, 0.3) is 11.6 Å². The quantitative estimate of drug-likeness (QED) is 0.474. The fourth-order valence-electron chi connectivity index (χ4n) is 2.67. The van der Waals surface area contributed by atoms with Crippen LogP contribution in [-0.4, -0.2) is 22.8 Å². The van der Waals surface area contributed by atoms with E-state index >= 15 is 0 Å². The zero-order chi connectivity index (χ0) is 18.1. The van der Waals surface area contributed by atoms with E-state index in [1.807, 2.05) is 31.2 Å². The molecule has 0 aliphatic heterocycles. The van der Waals surface area contributed by atoms with Gasteiger partial charge in [0.2, 0.25) is 0 Å². The minimum Gasteiger partial charge on any atom is -0.337 e. The van der Waals surface area contributed by atoms with E-state index in [-0.39, 0.29) is 18.1 Å². The Bertz CT molecular complexity index is 984. The molecule has 0 N–H and O–H groups in total. The molecule has 5 nitrogen and oxygen atoms in total. The largest absolute Gasteiger partial charge is 0.337 e. The predicted molar refractivity (Wildman–Crippen MR) is 100 cm³/mol. The molecule has 128 valence electrons. The van der Waals surface area contributed by atoms with Crippen LogP contribution in [0, 0.1) is 17.0 Å². The molecule has 0 unspecified atom stereocenters. The summed E-state index contributed by atoms with van der Waals surface area (Å²) in [5.74, 6) is -0.124. The standard InChI is InChI=1S/C18H15ClN2O3S/c1-11-14-5-3-4-6-16(14)25-17(11)18(22)20(2)10-12-9-13(21(23)24)7-8-15(12)19/h3-9H,10H2,1-2H3. The molecule has 0 radical (unpaired) electrons.